The van der Waals surface area contributed by atoms with E-state index in [1.54, 1.807) is 16.8 Å². The molecule has 1 rings (SSSR count). The summed E-state index contributed by atoms with van der Waals surface area (Å²) in [5.41, 5.74) is 6.74. The van der Waals surface area contributed by atoms with Gasteiger partial charge in [0, 0.05) is 19.3 Å². The van der Waals surface area contributed by atoms with Gasteiger partial charge < -0.3 is 20.9 Å². The van der Waals surface area contributed by atoms with Crippen molar-refractivity contribution >= 4 is 17.5 Å². The van der Waals surface area contributed by atoms with Crippen LogP contribution in [0.1, 0.15) is 37.7 Å². The van der Waals surface area contributed by atoms with Crippen LogP contribution in [0.15, 0.2) is 12.3 Å². The van der Waals surface area contributed by atoms with Gasteiger partial charge in [-0.25, -0.2) is 0 Å². The van der Waals surface area contributed by atoms with Gasteiger partial charge in [-0.2, -0.15) is 0 Å². The van der Waals surface area contributed by atoms with Gasteiger partial charge in [0.25, 0.3) is 5.91 Å². The number of rotatable bonds is 7. The molecule has 1 aromatic rings. The van der Waals surface area contributed by atoms with Gasteiger partial charge in [0.15, 0.2) is 0 Å². The number of nitrogens with one attached hydrogen (secondary N) is 2. The number of anilines is 1. The first-order valence-electron chi connectivity index (χ1n) is 6.94. The number of carbonyl (C=O) groups excluding carboxylic acids is 2. The second kappa shape index (κ2) is 7.57. The lowest BCUT2D eigenvalue weighted by molar-refractivity contribution is -0.120. The second-order valence-corrected chi connectivity index (χ2v) is 5.23. The summed E-state index contributed by atoms with van der Waals surface area (Å²) in [7, 11) is 0. The molecular formula is C14H24N4O2. The standard InChI is InChI=1S/C14H24N4O2/c1-4-5-18-9-11(15)6-12(18)14(20)17-8-13(19)16-7-10(2)3/h6,9-10H,4-5,7-8,15H2,1-3H3,(H,16,19)(H,17,20). The minimum atomic E-state index is -0.283. The molecule has 0 unspecified atom stereocenters. The zero-order chi connectivity index (χ0) is 15.1. The molecule has 0 radical (unpaired) electrons. The number of nitrogens with zero attached hydrogens (tertiary/aromatic N) is 1. The van der Waals surface area contributed by atoms with E-state index >= 15 is 0 Å². The fourth-order valence-electron chi connectivity index (χ4n) is 1.78. The zero-order valence-corrected chi connectivity index (χ0v) is 12.4. The molecule has 0 aliphatic carbocycles. The van der Waals surface area contributed by atoms with E-state index in [1.807, 2.05) is 20.8 Å². The van der Waals surface area contributed by atoms with Crippen molar-refractivity contribution in [3.63, 3.8) is 0 Å². The van der Waals surface area contributed by atoms with Crippen LogP contribution in [0.3, 0.4) is 0 Å². The summed E-state index contributed by atoms with van der Waals surface area (Å²) >= 11 is 0. The lowest BCUT2D eigenvalue weighted by Crippen LogP contribution is -2.38. The van der Waals surface area contributed by atoms with E-state index in [2.05, 4.69) is 10.6 Å². The van der Waals surface area contributed by atoms with Gasteiger partial charge in [-0.05, 0) is 18.4 Å². The summed E-state index contributed by atoms with van der Waals surface area (Å²) in [6.45, 7) is 7.35. The van der Waals surface area contributed by atoms with Crippen LogP contribution in [0.5, 0.6) is 0 Å². The molecule has 0 bridgehead atoms. The van der Waals surface area contributed by atoms with E-state index in [-0.39, 0.29) is 18.4 Å². The molecule has 0 aliphatic rings. The maximum Gasteiger partial charge on any atom is 0.268 e. The third-order valence-electron chi connectivity index (χ3n) is 2.73. The van der Waals surface area contributed by atoms with Crippen LogP contribution in [0, 0.1) is 5.92 Å². The van der Waals surface area contributed by atoms with Crippen molar-refractivity contribution in [1.82, 2.24) is 15.2 Å². The lowest BCUT2D eigenvalue weighted by Gasteiger charge is -2.10. The van der Waals surface area contributed by atoms with Gasteiger partial charge in [0.2, 0.25) is 5.91 Å². The predicted octanol–water partition coefficient (Wildman–Crippen LogP) is 0.982. The van der Waals surface area contributed by atoms with Crippen molar-refractivity contribution in [2.75, 3.05) is 18.8 Å². The Labute approximate surface area is 119 Å². The minimum absolute atomic E-state index is 0.0250. The van der Waals surface area contributed by atoms with E-state index in [0.29, 0.717) is 23.8 Å². The number of hydrogen-bond acceptors (Lipinski definition) is 3. The third-order valence-corrected chi connectivity index (χ3v) is 2.73. The number of nitrogen functional groups attached to an aromatic ring is 1. The highest BCUT2D eigenvalue weighted by molar-refractivity contribution is 5.96. The van der Waals surface area contributed by atoms with Crippen LogP contribution in [0.4, 0.5) is 5.69 Å². The maximum atomic E-state index is 12.0. The van der Waals surface area contributed by atoms with E-state index in [0.717, 1.165) is 13.0 Å². The number of nitrogens with two attached hydrogens (primary N) is 1. The van der Waals surface area contributed by atoms with Crippen LogP contribution in [0.25, 0.3) is 0 Å². The molecule has 0 fully saturated rings. The number of aromatic nitrogens is 1. The highest BCUT2D eigenvalue weighted by atomic mass is 16.2. The SMILES string of the molecule is CCCn1cc(N)cc1C(=O)NCC(=O)NCC(C)C. The number of amides is 2. The number of aryl methyl sites for hydroxylation is 1. The summed E-state index contributed by atoms with van der Waals surface area (Å²) < 4.78 is 1.80. The second-order valence-electron chi connectivity index (χ2n) is 5.23. The van der Waals surface area contributed by atoms with Crippen LogP contribution in [0.2, 0.25) is 0 Å². The van der Waals surface area contributed by atoms with Gasteiger partial charge in [-0.1, -0.05) is 20.8 Å². The lowest BCUT2D eigenvalue weighted by atomic mass is 10.2. The Morgan fingerprint density at radius 3 is 2.65 bits per heavy atom. The Balaban J connectivity index is 2.52. The molecule has 0 atom stereocenters. The Bertz CT molecular complexity index is 466. The van der Waals surface area contributed by atoms with Crippen LogP contribution >= 0.6 is 0 Å². The summed E-state index contributed by atoms with van der Waals surface area (Å²) in [6.07, 6.45) is 2.64. The highest BCUT2D eigenvalue weighted by Crippen LogP contribution is 2.11. The topological polar surface area (TPSA) is 89.2 Å². The third kappa shape index (κ3) is 4.95. The predicted molar refractivity (Wildman–Crippen MR) is 79.3 cm³/mol. The number of carbonyl (C=O) groups is 2. The Hall–Kier alpha value is -1.98. The quantitative estimate of drug-likeness (QED) is 0.695. The number of hydrogen-bond donors (Lipinski definition) is 3. The molecule has 1 aromatic heterocycles. The molecule has 2 amide bonds. The molecule has 6 nitrogen and oxygen atoms in total. The molecule has 0 aromatic carbocycles. The molecule has 6 heteroatoms. The van der Waals surface area contributed by atoms with E-state index in [1.165, 1.54) is 0 Å². The first-order valence-corrected chi connectivity index (χ1v) is 6.94. The van der Waals surface area contributed by atoms with E-state index in [4.69, 9.17) is 5.73 Å². The molecule has 0 saturated heterocycles. The van der Waals surface area contributed by atoms with Crippen molar-refractivity contribution in [2.45, 2.75) is 33.7 Å². The zero-order valence-electron chi connectivity index (χ0n) is 12.4. The van der Waals surface area contributed by atoms with Gasteiger partial charge in [-0.15, -0.1) is 0 Å². The largest absolute Gasteiger partial charge is 0.397 e. The molecule has 4 N–H and O–H groups in total. The fourth-order valence-corrected chi connectivity index (χ4v) is 1.78. The van der Waals surface area contributed by atoms with Crippen LogP contribution in [-0.4, -0.2) is 29.5 Å². The molecule has 20 heavy (non-hydrogen) atoms. The van der Waals surface area contributed by atoms with Crippen molar-refractivity contribution < 1.29 is 9.59 Å². The van der Waals surface area contributed by atoms with Gasteiger partial charge in [0.1, 0.15) is 5.69 Å². The van der Waals surface area contributed by atoms with Crippen molar-refractivity contribution in [2.24, 2.45) is 5.92 Å². The average molecular weight is 280 g/mol. The van der Waals surface area contributed by atoms with Crippen molar-refractivity contribution in [1.29, 1.82) is 0 Å². The van der Waals surface area contributed by atoms with Crippen molar-refractivity contribution in [3.8, 4) is 0 Å². The van der Waals surface area contributed by atoms with Gasteiger partial charge >= 0.3 is 0 Å². The van der Waals surface area contributed by atoms with Gasteiger partial charge in [0.05, 0.1) is 12.2 Å². The molecule has 0 spiro atoms. The molecule has 0 aliphatic heterocycles. The summed E-state index contributed by atoms with van der Waals surface area (Å²) in [5, 5.41) is 5.36. The fraction of sp³-hybridized carbons (Fsp3) is 0.571. The molecule has 0 saturated carbocycles. The van der Waals surface area contributed by atoms with E-state index < -0.39 is 0 Å². The normalized spacial score (nSPS) is 10.6. The molecule has 112 valence electrons. The monoisotopic (exact) mass is 280 g/mol. The Kier molecular flexibility index (Phi) is 6.09. The molecular weight excluding hydrogens is 256 g/mol. The Morgan fingerprint density at radius 2 is 2.05 bits per heavy atom. The van der Waals surface area contributed by atoms with E-state index in [9.17, 15) is 9.59 Å². The first-order chi connectivity index (χ1) is 9.43. The smallest absolute Gasteiger partial charge is 0.268 e. The highest BCUT2D eigenvalue weighted by Gasteiger charge is 2.13. The maximum absolute atomic E-state index is 12.0. The molecule has 1 heterocycles. The summed E-state index contributed by atoms with van der Waals surface area (Å²) in [5.74, 6) is -0.0836. The van der Waals surface area contributed by atoms with Crippen LogP contribution < -0.4 is 16.4 Å². The van der Waals surface area contributed by atoms with Crippen LogP contribution in [-0.2, 0) is 11.3 Å². The average Bonchev–Trinajstić information content (AvgIpc) is 2.75. The van der Waals surface area contributed by atoms with Crippen molar-refractivity contribution in [3.05, 3.63) is 18.0 Å². The summed E-state index contributed by atoms with van der Waals surface area (Å²) in [6, 6.07) is 1.62. The first kappa shape index (κ1) is 16.1. The summed E-state index contributed by atoms with van der Waals surface area (Å²) in [4.78, 5) is 23.6. The van der Waals surface area contributed by atoms with Gasteiger partial charge in [-0.3, -0.25) is 9.59 Å². The Morgan fingerprint density at radius 1 is 1.35 bits per heavy atom. The minimum Gasteiger partial charge on any atom is -0.397 e.